The van der Waals surface area contributed by atoms with E-state index in [0.29, 0.717) is 5.75 Å². The van der Waals surface area contributed by atoms with Crippen LogP contribution in [0.25, 0.3) is 11.1 Å². The first-order valence-corrected chi connectivity index (χ1v) is 7.88. The van der Waals surface area contributed by atoms with E-state index in [1.54, 1.807) is 14.2 Å². The Morgan fingerprint density at radius 2 is 1.61 bits per heavy atom. The lowest BCUT2D eigenvalue weighted by Crippen LogP contribution is -2.23. The SMILES string of the molecule is COc1ccc2c(c1)-c1cc(O)c(OC)cc1CCN(C)CC2. The molecule has 0 bridgehead atoms. The van der Waals surface area contributed by atoms with Gasteiger partial charge in [-0.05, 0) is 66.4 Å². The zero-order valence-electron chi connectivity index (χ0n) is 13.9. The highest BCUT2D eigenvalue weighted by atomic mass is 16.5. The summed E-state index contributed by atoms with van der Waals surface area (Å²) in [6.45, 7) is 1.99. The van der Waals surface area contributed by atoms with Gasteiger partial charge < -0.3 is 19.5 Å². The van der Waals surface area contributed by atoms with Crippen LogP contribution in [0.15, 0.2) is 30.3 Å². The van der Waals surface area contributed by atoms with Crippen LogP contribution in [-0.2, 0) is 12.8 Å². The fourth-order valence-electron chi connectivity index (χ4n) is 3.12. The predicted molar refractivity (Wildman–Crippen MR) is 91.6 cm³/mol. The Labute approximate surface area is 137 Å². The van der Waals surface area contributed by atoms with Gasteiger partial charge in [-0.3, -0.25) is 0 Å². The molecule has 0 aromatic heterocycles. The quantitative estimate of drug-likeness (QED) is 0.925. The van der Waals surface area contributed by atoms with Crippen molar-refractivity contribution >= 4 is 0 Å². The number of aromatic hydroxyl groups is 1. The second-order valence-electron chi connectivity index (χ2n) is 6.01. The minimum absolute atomic E-state index is 0.174. The van der Waals surface area contributed by atoms with Crippen LogP contribution in [0.5, 0.6) is 17.2 Å². The highest BCUT2D eigenvalue weighted by Crippen LogP contribution is 2.38. The van der Waals surface area contributed by atoms with E-state index in [0.717, 1.165) is 42.8 Å². The van der Waals surface area contributed by atoms with Crippen LogP contribution in [0.3, 0.4) is 0 Å². The molecule has 0 radical (unpaired) electrons. The molecule has 2 aromatic rings. The summed E-state index contributed by atoms with van der Waals surface area (Å²) in [6.07, 6.45) is 1.89. The summed E-state index contributed by atoms with van der Waals surface area (Å²) in [5.41, 5.74) is 4.65. The van der Waals surface area contributed by atoms with Gasteiger partial charge in [0.25, 0.3) is 0 Å². The molecule has 0 saturated heterocycles. The van der Waals surface area contributed by atoms with Crippen LogP contribution in [-0.4, -0.2) is 44.4 Å². The van der Waals surface area contributed by atoms with Gasteiger partial charge in [-0.2, -0.15) is 0 Å². The Hall–Kier alpha value is -2.20. The van der Waals surface area contributed by atoms with Gasteiger partial charge in [0.05, 0.1) is 14.2 Å². The Balaban J connectivity index is 2.21. The topological polar surface area (TPSA) is 41.9 Å². The van der Waals surface area contributed by atoms with Crippen LogP contribution < -0.4 is 9.47 Å². The third-order valence-corrected chi connectivity index (χ3v) is 4.54. The molecule has 0 aliphatic carbocycles. The monoisotopic (exact) mass is 313 g/mol. The average molecular weight is 313 g/mol. The number of benzene rings is 2. The number of hydrogen-bond donors (Lipinski definition) is 1. The van der Waals surface area contributed by atoms with Gasteiger partial charge in [0.15, 0.2) is 11.5 Å². The first-order valence-electron chi connectivity index (χ1n) is 7.88. The molecule has 0 unspecified atom stereocenters. The fourth-order valence-corrected chi connectivity index (χ4v) is 3.12. The van der Waals surface area contributed by atoms with Crippen LogP contribution in [0, 0.1) is 0 Å². The van der Waals surface area contributed by atoms with Crippen molar-refractivity contribution in [1.29, 1.82) is 0 Å². The molecule has 1 aliphatic rings. The Kier molecular flexibility index (Phi) is 4.44. The van der Waals surface area contributed by atoms with E-state index in [1.807, 2.05) is 18.2 Å². The largest absolute Gasteiger partial charge is 0.504 e. The highest BCUT2D eigenvalue weighted by Gasteiger charge is 2.18. The van der Waals surface area contributed by atoms with Crippen molar-refractivity contribution in [1.82, 2.24) is 4.90 Å². The molecule has 0 atom stereocenters. The summed E-state index contributed by atoms with van der Waals surface area (Å²) in [5, 5.41) is 10.2. The number of nitrogens with zero attached hydrogens (tertiary/aromatic N) is 1. The molecule has 0 saturated carbocycles. The van der Waals surface area contributed by atoms with Crippen molar-refractivity contribution in [2.75, 3.05) is 34.4 Å². The van der Waals surface area contributed by atoms with Gasteiger partial charge in [-0.1, -0.05) is 6.07 Å². The minimum atomic E-state index is 0.174. The third kappa shape index (κ3) is 3.13. The molecule has 1 aliphatic heterocycles. The number of phenols is 1. The average Bonchev–Trinajstić information content (AvgIpc) is 2.63. The van der Waals surface area contributed by atoms with Crippen LogP contribution >= 0.6 is 0 Å². The lowest BCUT2D eigenvalue weighted by molar-refractivity contribution is 0.343. The molecule has 122 valence electrons. The number of ether oxygens (including phenoxy) is 2. The number of hydrogen-bond acceptors (Lipinski definition) is 4. The molecule has 1 N–H and O–H groups in total. The van der Waals surface area contributed by atoms with Crippen molar-refractivity contribution < 1.29 is 14.6 Å². The number of phenolic OH excluding ortho intramolecular Hbond substituents is 1. The highest BCUT2D eigenvalue weighted by molar-refractivity contribution is 5.75. The van der Waals surface area contributed by atoms with Crippen molar-refractivity contribution in [3.8, 4) is 28.4 Å². The maximum Gasteiger partial charge on any atom is 0.160 e. The Morgan fingerprint density at radius 1 is 0.913 bits per heavy atom. The Bertz CT molecular complexity index is 712. The number of rotatable bonds is 2. The standard InChI is InChI=1S/C19H23NO3/c1-20-8-6-13-4-5-15(22-2)11-16(13)17-12-18(21)19(23-3)10-14(17)7-9-20/h4-5,10-12,21H,6-9H2,1-3H3. The van der Waals surface area contributed by atoms with Crippen molar-refractivity contribution in [2.45, 2.75) is 12.8 Å². The zero-order valence-corrected chi connectivity index (χ0v) is 13.9. The van der Waals surface area contributed by atoms with Crippen molar-refractivity contribution in [3.05, 3.63) is 41.5 Å². The summed E-state index contributed by atoms with van der Waals surface area (Å²) in [4.78, 5) is 2.34. The maximum atomic E-state index is 10.2. The van der Waals surface area contributed by atoms with Gasteiger partial charge in [-0.15, -0.1) is 0 Å². The number of likely N-dealkylation sites (N-methyl/N-ethyl adjacent to an activating group) is 1. The number of methoxy groups -OCH3 is 2. The third-order valence-electron chi connectivity index (χ3n) is 4.54. The van der Waals surface area contributed by atoms with Gasteiger partial charge in [-0.25, -0.2) is 0 Å². The molecule has 2 aromatic carbocycles. The van der Waals surface area contributed by atoms with E-state index in [-0.39, 0.29) is 5.75 Å². The van der Waals surface area contributed by atoms with Gasteiger partial charge in [0.1, 0.15) is 5.75 Å². The van der Waals surface area contributed by atoms with E-state index in [2.05, 4.69) is 24.1 Å². The van der Waals surface area contributed by atoms with E-state index >= 15 is 0 Å². The molecule has 1 heterocycles. The molecular weight excluding hydrogens is 290 g/mol. The van der Waals surface area contributed by atoms with Crippen LogP contribution in [0.1, 0.15) is 11.1 Å². The summed E-state index contributed by atoms with van der Waals surface area (Å²) < 4.78 is 10.7. The number of fused-ring (bicyclic) bond motifs is 3. The predicted octanol–water partition coefficient (Wildman–Crippen LogP) is 3.11. The molecule has 3 rings (SSSR count). The fraction of sp³-hybridized carbons (Fsp3) is 0.368. The summed E-state index contributed by atoms with van der Waals surface area (Å²) >= 11 is 0. The summed E-state index contributed by atoms with van der Waals surface area (Å²) in [7, 11) is 5.41. The molecule has 0 fully saturated rings. The molecular formula is C19H23NO3. The first kappa shape index (κ1) is 15.7. The molecule has 4 heteroatoms. The Morgan fingerprint density at radius 3 is 2.30 bits per heavy atom. The van der Waals surface area contributed by atoms with Crippen molar-refractivity contribution in [3.63, 3.8) is 0 Å². The van der Waals surface area contributed by atoms with E-state index in [4.69, 9.17) is 9.47 Å². The molecule has 0 spiro atoms. The second kappa shape index (κ2) is 6.50. The summed E-state index contributed by atoms with van der Waals surface area (Å²) in [6, 6.07) is 9.95. The zero-order chi connectivity index (χ0) is 16.4. The van der Waals surface area contributed by atoms with Crippen molar-refractivity contribution in [2.24, 2.45) is 0 Å². The van der Waals surface area contributed by atoms with Gasteiger partial charge >= 0.3 is 0 Å². The second-order valence-corrected chi connectivity index (χ2v) is 6.01. The maximum absolute atomic E-state index is 10.2. The van der Waals surface area contributed by atoms with Gasteiger partial charge in [0.2, 0.25) is 0 Å². The smallest absolute Gasteiger partial charge is 0.160 e. The minimum Gasteiger partial charge on any atom is -0.504 e. The van der Waals surface area contributed by atoms with E-state index in [1.165, 1.54) is 11.1 Å². The summed E-state index contributed by atoms with van der Waals surface area (Å²) in [5.74, 6) is 1.53. The molecule has 23 heavy (non-hydrogen) atoms. The normalized spacial score (nSPS) is 14.9. The lowest BCUT2D eigenvalue weighted by atomic mass is 9.92. The first-order chi connectivity index (χ1) is 11.1. The lowest BCUT2D eigenvalue weighted by Gasteiger charge is -2.16. The van der Waals surface area contributed by atoms with E-state index in [9.17, 15) is 5.11 Å². The molecule has 4 nitrogen and oxygen atoms in total. The van der Waals surface area contributed by atoms with Gasteiger partial charge in [0, 0.05) is 13.1 Å². The van der Waals surface area contributed by atoms with E-state index < -0.39 is 0 Å². The van der Waals surface area contributed by atoms with Crippen LogP contribution in [0.2, 0.25) is 0 Å². The molecule has 0 amide bonds. The van der Waals surface area contributed by atoms with Crippen LogP contribution in [0.4, 0.5) is 0 Å².